The SMILES string of the molecule is CCN(CC)C(CC1CCC(C(c2ccc(F)cc2)N(C)C)CC1)c1nc(Cc2ccccc2)c(C(N)Cc2ccccc2)o1. The van der Waals surface area contributed by atoms with Crippen molar-refractivity contribution in [2.75, 3.05) is 27.2 Å². The predicted molar refractivity (Wildman–Crippen MR) is 181 cm³/mol. The Bertz CT molecular complexity index is 1430. The van der Waals surface area contributed by atoms with Crippen LogP contribution in [0.2, 0.25) is 0 Å². The fourth-order valence-electron chi connectivity index (χ4n) is 7.47. The second-order valence-electron chi connectivity index (χ2n) is 13.0. The van der Waals surface area contributed by atoms with E-state index in [1.165, 1.54) is 29.5 Å². The van der Waals surface area contributed by atoms with E-state index in [0.717, 1.165) is 49.7 Å². The van der Waals surface area contributed by atoms with Gasteiger partial charge in [-0.3, -0.25) is 4.90 Å². The Morgan fingerprint density at radius 2 is 1.44 bits per heavy atom. The molecule has 0 saturated heterocycles. The number of benzene rings is 3. The lowest BCUT2D eigenvalue weighted by atomic mass is 9.74. The molecule has 45 heavy (non-hydrogen) atoms. The van der Waals surface area contributed by atoms with Gasteiger partial charge in [0.2, 0.25) is 5.89 Å². The topological polar surface area (TPSA) is 58.5 Å². The highest BCUT2D eigenvalue weighted by molar-refractivity contribution is 5.27. The molecule has 3 aromatic carbocycles. The van der Waals surface area contributed by atoms with Crippen LogP contribution in [-0.4, -0.2) is 42.0 Å². The second-order valence-corrected chi connectivity index (χ2v) is 13.0. The first-order valence-electron chi connectivity index (χ1n) is 16.8. The van der Waals surface area contributed by atoms with E-state index in [0.29, 0.717) is 30.7 Å². The first-order chi connectivity index (χ1) is 21.9. The Hall–Kier alpha value is -3.32. The Morgan fingerprint density at radius 3 is 2.02 bits per heavy atom. The van der Waals surface area contributed by atoms with Crippen molar-refractivity contribution in [3.63, 3.8) is 0 Å². The van der Waals surface area contributed by atoms with Crippen LogP contribution >= 0.6 is 0 Å². The average molecular weight is 611 g/mol. The fourth-order valence-corrected chi connectivity index (χ4v) is 7.47. The zero-order valence-corrected chi connectivity index (χ0v) is 27.5. The van der Waals surface area contributed by atoms with Crippen LogP contribution in [0.25, 0.3) is 0 Å². The number of oxazole rings is 1. The predicted octanol–water partition coefficient (Wildman–Crippen LogP) is 8.53. The monoisotopic (exact) mass is 610 g/mol. The molecule has 1 saturated carbocycles. The van der Waals surface area contributed by atoms with Gasteiger partial charge in [-0.05, 0) is 93.5 Å². The molecule has 3 atom stereocenters. The zero-order chi connectivity index (χ0) is 31.8. The zero-order valence-electron chi connectivity index (χ0n) is 27.5. The van der Waals surface area contributed by atoms with Crippen LogP contribution in [0.4, 0.5) is 4.39 Å². The second kappa shape index (κ2) is 15.8. The van der Waals surface area contributed by atoms with Crippen molar-refractivity contribution in [2.24, 2.45) is 17.6 Å². The summed E-state index contributed by atoms with van der Waals surface area (Å²) >= 11 is 0. The molecule has 0 spiro atoms. The van der Waals surface area contributed by atoms with Gasteiger partial charge in [-0.1, -0.05) is 99.5 Å². The lowest BCUT2D eigenvalue weighted by Crippen LogP contribution is -2.33. The van der Waals surface area contributed by atoms with Crippen LogP contribution in [0.5, 0.6) is 0 Å². The normalized spacial score (nSPS) is 19.1. The van der Waals surface area contributed by atoms with Crippen LogP contribution in [0, 0.1) is 17.7 Å². The van der Waals surface area contributed by atoms with Gasteiger partial charge in [0.05, 0.1) is 17.8 Å². The average Bonchev–Trinajstić information content (AvgIpc) is 3.47. The highest BCUT2D eigenvalue weighted by Gasteiger charge is 2.34. The van der Waals surface area contributed by atoms with Crippen molar-refractivity contribution >= 4 is 0 Å². The molecule has 0 radical (unpaired) electrons. The Morgan fingerprint density at radius 1 is 0.844 bits per heavy atom. The van der Waals surface area contributed by atoms with E-state index in [9.17, 15) is 4.39 Å². The number of rotatable bonds is 14. The van der Waals surface area contributed by atoms with Crippen molar-refractivity contribution in [1.29, 1.82) is 0 Å². The molecular weight excluding hydrogens is 559 g/mol. The molecule has 1 fully saturated rings. The molecule has 4 aromatic rings. The van der Waals surface area contributed by atoms with Gasteiger partial charge in [0.1, 0.15) is 11.6 Å². The molecule has 3 unspecified atom stereocenters. The van der Waals surface area contributed by atoms with Crippen LogP contribution in [0.3, 0.4) is 0 Å². The molecule has 0 aliphatic heterocycles. The standard InChI is InChI=1S/C39H51FN4O/c1-5-44(6-2)36(27-30-17-19-31(20-18-30)37(43(3)4)32-21-23-33(40)24-22-32)39-42-35(26-29-15-11-8-12-16-29)38(45-39)34(41)25-28-13-9-7-10-14-28/h7-16,21-24,30-31,34,36-37H,5-6,17-20,25-27,41H2,1-4H3. The maximum Gasteiger partial charge on any atom is 0.212 e. The van der Waals surface area contributed by atoms with E-state index in [2.05, 4.69) is 86.3 Å². The number of nitrogens with two attached hydrogens (primary N) is 1. The molecular formula is C39H51FN4O. The highest BCUT2D eigenvalue weighted by atomic mass is 19.1. The maximum atomic E-state index is 13.7. The van der Waals surface area contributed by atoms with Crippen molar-refractivity contribution in [1.82, 2.24) is 14.8 Å². The molecule has 0 amide bonds. The number of aromatic nitrogens is 1. The summed E-state index contributed by atoms with van der Waals surface area (Å²) in [6.07, 6.45) is 7.10. The Balaban J connectivity index is 1.36. The minimum atomic E-state index is -0.269. The summed E-state index contributed by atoms with van der Waals surface area (Å²) < 4.78 is 20.4. The summed E-state index contributed by atoms with van der Waals surface area (Å²) in [6.45, 7) is 6.33. The highest BCUT2D eigenvalue weighted by Crippen LogP contribution is 2.43. The van der Waals surface area contributed by atoms with E-state index in [1.54, 1.807) is 12.1 Å². The maximum absolute atomic E-state index is 13.7. The first-order valence-corrected chi connectivity index (χ1v) is 16.8. The molecule has 1 heterocycles. The summed E-state index contributed by atoms with van der Waals surface area (Å²) in [5, 5.41) is 0. The number of hydrogen-bond donors (Lipinski definition) is 1. The number of hydrogen-bond acceptors (Lipinski definition) is 5. The van der Waals surface area contributed by atoms with E-state index in [-0.39, 0.29) is 17.9 Å². The third kappa shape index (κ3) is 8.49. The van der Waals surface area contributed by atoms with Gasteiger partial charge in [-0.25, -0.2) is 9.37 Å². The molecule has 1 aliphatic carbocycles. The quantitative estimate of drug-likeness (QED) is 0.155. The van der Waals surface area contributed by atoms with Crippen LogP contribution in [-0.2, 0) is 12.8 Å². The smallest absolute Gasteiger partial charge is 0.212 e. The minimum Gasteiger partial charge on any atom is -0.442 e. The van der Waals surface area contributed by atoms with E-state index in [1.807, 2.05) is 24.3 Å². The van der Waals surface area contributed by atoms with Crippen molar-refractivity contribution in [3.05, 3.63) is 125 Å². The largest absolute Gasteiger partial charge is 0.442 e. The van der Waals surface area contributed by atoms with Crippen LogP contribution < -0.4 is 5.73 Å². The summed E-state index contributed by atoms with van der Waals surface area (Å²) in [4.78, 5) is 10.0. The van der Waals surface area contributed by atoms with Crippen molar-refractivity contribution in [2.45, 2.75) is 76.9 Å². The Labute approximate surface area is 269 Å². The van der Waals surface area contributed by atoms with Gasteiger partial charge in [-0.2, -0.15) is 0 Å². The molecule has 0 bridgehead atoms. The number of halogens is 1. The van der Waals surface area contributed by atoms with Gasteiger partial charge in [0.25, 0.3) is 0 Å². The van der Waals surface area contributed by atoms with Gasteiger partial charge < -0.3 is 15.1 Å². The summed E-state index contributed by atoms with van der Waals surface area (Å²) in [7, 11) is 4.29. The third-order valence-corrected chi connectivity index (χ3v) is 9.79. The molecule has 1 aromatic heterocycles. The van der Waals surface area contributed by atoms with Crippen molar-refractivity contribution in [3.8, 4) is 0 Å². The lowest BCUT2D eigenvalue weighted by molar-refractivity contribution is 0.111. The van der Waals surface area contributed by atoms with E-state index >= 15 is 0 Å². The van der Waals surface area contributed by atoms with E-state index < -0.39 is 0 Å². The Kier molecular flexibility index (Phi) is 11.6. The van der Waals surface area contributed by atoms with E-state index in [4.69, 9.17) is 15.1 Å². The third-order valence-electron chi connectivity index (χ3n) is 9.79. The minimum absolute atomic E-state index is 0.107. The molecule has 2 N–H and O–H groups in total. The first kappa shape index (κ1) is 33.1. The molecule has 5 nitrogen and oxygen atoms in total. The van der Waals surface area contributed by atoms with Crippen molar-refractivity contribution < 1.29 is 8.81 Å². The summed E-state index contributed by atoms with van der Waals surface area (Å²) in [6, 6.07) is 28.1. The molecule has 5 rings (SSSR count). The van der Waals surface area contributed by atoms with Gasteiger partial charge >= 0.3 is 0 Å². The fraction of sp³-hybridized carbons (Fsp3) is 0.462. The molecule has 6 heteroatoms. The summed E-state index contributed by atoms with van der Waals surface area (Å²) in [5.41, 5.74) is 11.4. The van der Waals surface area contributed by atoms with Gasteiger partial charge in [-0.15, -0.1) is 0 Å². The summed E-state index contributed by atoms with van der Waals surface area (Å²) in [5.74, 6) is 2.59. The molecule has 1 aliphatic rings. The van der Waals surface area contributed by atoms with Gasteiger partial charge in [0.15, 0.2) is 0 Å². The number of nitrogens with zero attached hydrogens (tertiary/aromatic N) is 3. The van der Waals surface area contributed by atoms with Gasteiger partial charge in [0, 0.05) is 12.5 Å². The lowest BCUT2D eigenvalue weighted by Gasteiger charge is -2.39. The van der Waals surface area contributed by atoms with Crippen LogP contribution in [0.15, 0.2) is 89.3 Å². The van der Waals surface area contributed by atoms with Crippen LogP contribution in [0.1, 0.15) is 98.1 Å². The molecule has 240 valence electrons.